The lowest BCUT2D eigenvalue weighted by Gasteiger charge is -2.26. The van der Waals surface area contributed by atoms with Gasteiger partial charge in [0.05, 0.1) is 11.7 Å². The molecule has 2 heterocycles. The molecule has 4 heteroatoms. The van der Waals surface area contributed by atoms with E-state index in [9.17, 15) is 4.39 Å². The summed E-state index contributed by atoms with van der Waals surface area (Å²) in [6.45, 7) is 7.34. The predicted molar refractivity (Wildman–Crippen MR) is 78.6 cm³/mol. The number of aromatic nitrogens is 2. The number of hydrogen-bond acceptors (Lipinski definition) is 2. The van der Waals surface area contributed by atoms with Gasteiger partial charge in [-0.15, -0.1) is 0 Å². The summed E-state index contributed by atoms with van der Waals surface area (Å²) in [6.07, 6.45) is 0.918. The van der Waals surface area contributed by atoms with Crippen molar-refractivity contribution in [2.45, 2.75) is 38.6 Å². The van der Waals surface area contributed by atoms with E-state index in [0.29, 0.717) is 0 Å². The van der Waals surface area contributed by atoms with Crippen LogP contribution in [-0.2, 0) is 5.41 Å². The minimum atomic E-state index is -0.189. The van der Waals surface area contributed by atoms with Crippen LogP contribution in [0.2, 0.25) is 0 Å². The second-order valence-electron chi connectivity index (χ2n) is 6.40. The molecule has 1 atom stereocenters. The molecule has 3 nitrogen and oxygen atoms in total. The minimum Gasteiger partial charge on any atom is -0.370 e. The van der Waals surface area contributed by atoms with Crippen molar-refractivity contribution in [1.82, 2.24) is 9.78 Å². The van der Waals surface area contributed by atoms with E-state index in [1.807, 2.05) is 10.7 Å². The number of nitrogens with one attached hydrogen (secondary N) is 1. The molecule has 3 rings (SSSR count). The summed E-state index contributed by atoms with van der Waals surface area (Å²) in [5, 5.41) is 8.12. The lowest BCUT2D eigenvalue weighted by Crippen LogP contribution is -2.24. The fourth-order valence-electron chi connectivity index (χ4n) is 2.61. The second kappa shape index (κ2) is 4.62. The molecule has 2 aromatic rings. The predicted octanol–water partition coefficient (Wildman–Crippen LogP) is 3.72. The molecule has 0 saturated heterocycles. The molecular weight excluding hydrogens is 253 g/mol. The molecule has 0 spiro atoms. The normalized spacial score (nSPS) is 18.5. The minimum absolute atomic E-state index is 0.0124. The Morgan fingerprint density at radius 3 is 2.80 bits per heavy atom. The maximum Gasteiger partial charge on any atom is 0.125 e. The van der Waals surface area contributed by atoms with Gasteiger partial charge in [0.25, 0.3) is 0 Å². The van der Waals surface area contributed by atoms with Crippen LogP contribution in [0.1, 0.15) is 44.5 Å². The summed E-state index contributed by atoms with van der Waals surface area (Å²) < 4.78 is 15.4. The number of benzene rings is 1. The van der Waals surface area contributed by atoms with Gasteiger partial charge in [0.1, 0.15) is 11.6 Å². The molecule has 1 aromatic heterocycles. The fourth-order valence-corrected chi connectivity index (χ4v) is 2.61. The van der Waals surface area contributed by atoms with Gasteiger partial charge >= 0.3 is 0 Å². The maximum absolute atomic E-state index is 13.4. The van der Waals surface area contributed by atoms with Gasteiger partial charge in [-0.3, -0.25) is 0 Å². The zero-order valence-corrected chi connectivity index (χ0v) is 12.2. The summed E-state index contributed by atoms with van der Waals surface area (Å²) in [6, 6.07) is 9.04. The van der Waals surface area contributed by atoms with Crippen LogP contribution in [0.25, 0.3) is 0 Å². The van der Waals surface area contributed by atoms with E-state index in [1.54, 1.807) is 12.1 Å². The average Bonchev–Trinajstić information content (AvgIpc) is 2.82. The first-order valence-electron chi connectivity index (χ1n) is 7.04. The quantitative estimate of drug-likeness (QED) is 0.858. The first-order chi connectivity index (χ1) is 9.45. The van der Waals surface area contributed by atoms with Crippen LogP contribution in [0.15, 0.2) is 30.3 Å². The second-order valence-corrected chi connectivity index (χ2v) is 6.40. The van der Waals surface area contributed by atoms with Gasteiger partial charge in [-0.1, -0.05) is 32.9 Å². The highest BCUT2D eigenvalue weighted by Gasteiger charge is 2.26. The van der Waals surface area contributed by atoms with Crippen molar-refractivity contribution in [1.29, 1.82) is 0 Å². The SMILES string of the molecule is CC(C)(C)c1cc2n(n1)C(c1cccc(F)c1)CCN2. The standard InChI is InChI=1S/C16H20FN3/c1-16(2,3)14-10-15-18-8-7-13(20(15)19-14)11-5-4-6-12(17)9-11/h4-6,9-10,13,18H,7-8H2,1-3H3. The van der Waals surface area contributed by atoms with Gasteiger partial charge < -0.3 is 5.32 Å². The van der Waals surface area contributed by atoms with Gasteiger partial charge in [-0.05, 0) is 24.1 Å². The van der Waals surface area contributed by atoms with E-state index < -0.39 is 0 Å². The third kappa shape index (κ3) is 2.30. The molecule has 0 amide bonds. The molecular formula is C16H20FN3. The number of fused-ring (bicyclic) bond motifs is 1. The Labute approximate surface area is 118 Å². The van der Waals surface area contributed by atoms with Crippen LogP contribution in [0, 0.1) is 5.82 Å². The Bertz CT molecular complexity index is 625. The Balaban J connectivity index is 2.04. The Morgan fingerprint density at radius 1 is 1.30 bits per heavy atom. The molecule has 1 unspecified atom stereocenters. The third-order valence-corrected chi connectivity index (χ3v) is 3.76. The highest BCUT2D eigenvalue weighted by Crippen LogP contribution is 2.33. The number of hydrogen-bond donors (Lipinski definition) is 1. The van der Waals surface area contributed by atoms with Crippen molar-refractivity contribution in [3.63, 3.8) is 0 Å². The largest absolute Gasteiger partial charge is 0.370 e. The lowest BCUT2D eigenvalue weighted by atomic mass is 9.92. The molecule has 20 heavy (non-hydrogen) atoms. The van der Waals surface area contributed by atoms with E-state index in [4.69, 9.17) is 5.10 Å². The Morgan fingerprint density at radius 2 is 2.10 bits per heavy atom. The molecule has 0 fully saturated rings. The number of halogens is 1. The van der Waals surface area contributed by atoms with Gasteiger partial charge in [-0.25, -0.2) is 9.07 Å². The molecule has 1 aliphatic rings. The fraction of sp³-hybridized carbons (Fsp3) is 0.438. The van der Waals surface area contributed by atoms with E-state index in [0.717, 1.165) is 30.0 Å². The van der Waals surface area contributed by atoms with E-state index in [2.05, 4.69) is 32.2 Å². The topological polar surface area (TPSA) is 29.9 Å². The summed E-state index contributed by atoms with van der Waals surface area (Å²) in [4.78, 5) is 0. The van der Waals surface area contributed by atoms with Crippen molar-refractivity contribution in [3.8, 4) is 0 Å². The van der Waals surface area contributed by atoms with Gasteiger partial charge in [0.2, 0.25) is 0 Å². The molecule has 1 aliphatic heterocycles. The van der Waals surface area contributed by atoms with E-state index in [-0.39, 0.29) is 17.3 Å². The van der Waals surface area contributed by atoms with Crippen molar-refractivity contribution in [3.05, 3.63) is 47.4 Å². The molecule has 0 saturated carbocycles. The summed E-state index contributed by atoms with van der Waals surface area (Å²) >= 11 is 0. The lowest BCUT2D eigenvalue weighted by molar-refractivity contribution is 0.460. The monoisotopic (exact) mass is 273 g/mol. The molecule has 1 aromatic carbocycles. The van der Waals surface area contributed by atoms with Crippen LogP contribution >= 0.6 is 0 Å². The molecule has 106 valence electrons. The van der Waals surface area contributed by atoms with Crippen molar-refractivity contribution >= 4 is 5.82 Å². The van der Waals surface area contributed by atoms with Gasteiger partial charge in [-0.2, -0.15) is 5.10 Å². The maximum atomic E-state index is 13.4. The van der Waals surface area contributed by atoms with Crippen molar-refractivity contribution < 1.29 is 4.39 Å². The number of rotatable bonds is 1. The zero-order valence-electron chi connectivity index (χ0n) is 12.2. The Hall–Kier alpha value is -1.84. The van der Waals surface area contributed by atoms with Crippen LogP contribution < -0.4 is 5.32 Å². The first kappa shape index (κ1) is 13.2. The molecule has 0 radical (unpaired) electrons. The van der Waals surface area contributed by atoms with E-state index >= 15 is 0 Å². The summed E-state index contributed by atoms with van der Waals surface area (Å²) in [7, 11) is 0. The van der Waals surface area contributed by atoms with Crippen molar-refractivity contribution in [2.75, 3.05) is 11.9 Å². The molecule has 0 bridgehead atoms. The summed E-state index contributed by atoms with van der Waals surface area (Å²) in [5.41, 5.74) is 2.05. The highest BCUT2D eigenvalue weighted by molar-refractivity contribution is 5.43. The van der Waals surface area contributed by atoms with Gasteiger partial charge in [0, 0.05) is 18.0 Å². The number of nitrogens with zero attached hydrogens (tertiary/aromatic N) is 2. The molecule has 0 aliphatic carbocycles. The van der Waals surface area contributed by atoms with Crippen LogP contribution in [0.3, 0.4) is 0 Å². The van der Waals surface area contributed by atoms with Gasteiger partial charge in [0.15, 0.2) is 0 Å². The first-order valence-corrected chi connectivity index (χ1v) is 7.04. The number of anilines is 1. The van der Waals surface area contributed by atoms with E-state index in [1.165, 1.54) is 6.07 Å². The average molecular weight is 273 g/mol. The van der Waals surface area contributed by atoms with Crippen LogP contribution in [-0.4, -0.2) is 16.3 Å². The molecule has 1 N–H and O–H groups in total. The summed E-state index contributed by atoms with van der Waals surface area (Å²) in [5.74, 6) is 0.834. The van der Waals surface area contributed by atoms with Crippen LogP contribution in [0.4, 0.5) is 10.2 Å². The Kier molecular flexibility index (Phi) is 3.04. The smallest absolute Gasteiger partial charge is 0.125 e. The zero-order chi connectivity index (χ0) is 14.3. The highest BCUT2D eigenvalue weighted by atomic mass is 19.1. The third-order valence-electron chi connectivity index (χ3n) is 3.76. The van der Waals surface area contributed by atoms with Crippen LogP contribution in [0.5, 0.6) is 0 Å². The van der Waals surface area contributed by atoms with Crippen molar-refractivity contribution in [2.24, 2.45) is 0 Å².